The van der Waals surface area contributed by atoms with Crippen molar-refractivity contribution in [3.8, 4) is 0 Å². The van der Waals surface area contributed by atoms with E-state index in [2.05, 4.69) is 16.6 Å². The maximum Gasteiger partial charge on any atom is 0.130 e. The van der Waals surface area contributed by atoms with Crippen molar-refractivity contribution in [2.45, 2.75) is 37.6 Å². The number of benzene rings is 2. The van der Waals surface area contributed by atoms with Crippen molar-refractivity contribution in [2.24, 2.45) is 9.98 Å². The molecule has 0 spiro atoms. The summed E-state index contributed by atoms with van der Waals surface area (Å²) in [5.74, 6) is -1.18. The lowest BCUT2D eigenvalue weighted by Gasteiger charge is -2.34. The molecule has 2 atom stereocenters. The first kappa shape index (κ1) is 19.4. The highest BCUT2D eigenvalue weighted by molar-refractivity contribution is 6.32. The van der Waals surface area contributed by atoms with Gasteiger partial charge in [0, 0.05) is 22.7 Å². The first-order chi connectivity index (χ1) is 12.9. The summed E-state index contributed by atoms with van der Waals surface area (Å²) < 4.78 is 28.2. The summed E-state index contributed by atoms with van der Waals surface area (Å²) >= 11 is 6.36. The molecular formula is C22H21ClF2N2. The van der Waals surface area contributed by atoms with Crippen molar-refractivity contribution in [3.05, 3.63) is 76.8 Å². The van der Waals surface area contributed by atoms with Crippen LogP contribution in [0.25, 0.3) is 5.57 Å². The van der Waals surface area contributed by atoms with Gasteiger partial charge in [0.2, 0.25) is 0 Å². The topological polar surface area (TPSA) is 24.7 Å². The summed E-state index contributed by atoms with van der Waals surface area (Å²) in [5.41, 5.74) is 1.16. The van der Waals surface area contributed by atoms with Crippen LogP contribution in [-0.2, 0) is 5.41 Å². The number of hydrogen-bond acceptors (Lipinski definition) is 2. The van der Waals surface area contributed by atoms with Crippen LogP contribution in [-0.4, -0.2) is 18.6 Å². The van der Waals surface area contributed by atoms with Crippen molar-refractivity contribution in [2.75, 3.05) is 0 Å². The van der Waals surface area contributed by atoms with Gasteiger partial charge in [0.15, 0.2) is 0 Å². The van der Waals surface area contributed by atoms with Gasteiger partial charge in [-0.3, -0.25) is 4.99 Å². The standard InChI is InChI=1S/C22H21ClF2N2/c1-15(18-7-3-4-8-20(18)23)22(2,11-5-6-17-13-26-14-27-17)19-10-9-16(24)12-21(19)25/h3-4,7-10,12-14,17H,1,5-6,11H2,2H3/t17?,22-/m0/s1. The van der Waals surface area contributed by atoms with Gasteiger partial charge in [0.1, 0.15) is 18.0 Å². The maximum atomic E-state index is 14.7. The smallest absolute Gasteiger partial charge is 0.130 e. The molecule has 1 aliphatic rings. The second kappa shape index (κ2) is 8.13. The highest BCUT2D eigenvalue weighted by atomic mass is 35.5. The van der Waals surface area contributed by atoms with Crippen LogP contribution >= 0.6 is 11.6 Å². The van der Waals surface area contributed by atoms with Gasteiger partial charge >= 0.3 is 0 Å². The van der Waals surface area contributed by atoms with E-state index in [0.717, 1.165) is 24.5 Å². The molecule has 2 aromatic carbocycles. The van der Waals surface area contributed by atoms with Crippen LogP contribution in [0.3, 0.4) is 0 Å². The molecule has 0 aromatic heterocycles. The van der Waals surface area contributed by atoms with Crippen molar-refractivity contribution in [1.82, 2.24) is 0 Å². The van der Waals surface area contributed by atoms with E-state index >= 15 is 0 Å². The monoisotopic (exact) mass is 386 g/mol. The van der Waals surface area contributed by atoms with Crippen LogP contribution in [0.5, 0.6) is 0 Å². The van der Waals surface area contributed by atoms with Crippen molar-refractivity contribution < 1.29 is 8.78 Å². The maximum absolute atomic E-state index is 14.7. The van der Waals surface area contributed by atoms with E-state index in [1.165, 1.54) is 12.1 Å². The fraction of sp³-hybridized carbons (Fsp3) is 0.273. The Morgan fingerprint density at radius 2 is 2.00 bits per heavy atom. The third kappa shape index (κ3) is 4.16. The predicted molar refractivity (Wildman–Crippen MR) is 109 cm³/mol. The minimum atomic E-state index is -0.734. The van der Waals surface area contributed by atoms with Gasteiger partial charge in [-0.1, -0.05) is 49.4 Å². The molecule has 5 heteroatoms. The van der Waals surface area contributed by atoms with Gasteiger partial charge in [0.05, 0.1) is 6.04 Å². The summed E-state index contributed by atoms with van der Waals surface area (Å²) in [6.45, 7) is 6.18. The molecule has 1 aliphatic heterocycles. The van der Waals surface area contributed by atoms with E-state index in [1.54, 1.807) is 18.6 Å². The first-order valence-corrected chi connectivity index (χ1v) is 9.24. The number of halogens is 3. The summed E-state index contributed by atoms with van der Waals surface area (Å²) in [7, 11) is 0. The van der Waals surface area contributed by atoms with E-state index in [1.807, 2.05) is 25.1 Å². The fourth-order valence-electron chi connectivity index (χ4n) is 3.50. The van der Waals surface area contributed by atoms with Crippen LogP contribution in [0, 0.1) is 11.6 Å². The fourth-order valence-corrected chi connectivity index (χ4v) is 3.75. The van der Waals surface area contributed by atoms with E-state index in [-0.39, 0.29) is 6.04 Å². The van der Waals surface area contributed by atoms with Crippen molar-refractivity contribution >= 4 is 29.7 Å². The van der Waals surface area contributed by atoms with Crippen LogP contribution in [0.1, 0.15) is 37.3 Å². The van der Waals surface area contributed by atoms with E-state index in [0.29, 0.717) is 22.6 Å². The highest BCUT2D eigenvalue weighted by Crippen LogP contribution is 2.44. The number of nitrogens with zero attached hydrogens (tertiary/aromatic N) is 2. The second-order valence-corrected chi connectivity index (χ2v) is 7.34. The largest absolute Gasteiger partial charge is 0.264 e. The molecule has 27 heavy (non-hydrogen) atoms. The molecule has 0 fully saturated rings. The Labute approximate surface area is 163 Å². The average molecular weight is 387 g/mol. The molecule has 0 saturated heterocycles. The molecule has 2 aromatic rings. The molecule has 0 bridgehead atoms. The predicted octanol–water partition coefficient (Wildman–Crippen LogP) is 6.24. The average Bonchev–Trinajstić information content (AvgIpc) is 3.15. The Hall–Kier alpha value is -2.33. The van der Waals surface area contributed by atoms with Crippen LogP contribution in [0.15, 0.2) is 59.0 Å². The lowest BCUT2D eigenvalue weighted by atomic mass is 9.70. The Balaban J connectivity index is 1.94. The van der Waals surface area contributed by atoms with Gasteiger partial charge in [-0.15, -0.1) is 0 Å². The highest BCUT2D eigenvalue weighted by Gasteiger charge is 2.34. The van der Waals surface area contributed by atoms with Gasteiger partial charge in [-0.25, -0.2) is 13.8 Å². The Morgan fingerprint density at radius 3 is 2.67 bits per heavy atom. The second-order valence-electron chi connectivity index (χ2n) is 6.94. The van der Waals surface area contributed by atoms with Crippen LogP contribution in [0.2, 0.25) is 5.02 Å². The summed E-state index contributed by atoms with van der Waals surface area (Å²) in [6.07, 6.45) is 5.56. The van der Waals surface area contributed by atoms with Crippen LogP contribution < -0.4 is 0 Å². The van der Waals surface area contributed by atoms with Gasteiger partial charge in [-0.2, -0.15) is 0 Å². The summed E-state index contributed by atoms with van der Waals surface area (Å²) in [4.78, 5) is 8.26. The molecule has 1 heterocycles. The molecule has 0 N–H and O–H groups in total. The number of allylic oxidation sites excluding steroid dienone is 1. The van der Waals surface area contributed by atoms with Crippen LogP contribution in [0.4, 0.5) is 8.78 Å². The molecule has 2 nitrogen and oxygen atoms in total. The summed E-state index contributed by atoms with van der Waals surface area (Å²) in [6, 6.07) is 11.1. The molecule has 0 amide bonds. The number of aliphatic imine (C=N–C) groups is 2. The van der Waals surface area contributed by atoms with E-state index < -0.39 is 17.0 Å². The molecule has 0 aliphatic carbocycles. The minimum Gasteiger partial charge on any atom is -0.264 e. The zero-order valence-corrected chi connectivity index (χ0v) is 15.9. The molecule has 140 valence electrons. The van der Waals surface area contributed by atoms with Crippen molar-refractivity contribution in [1.29, 1.82) is 0 Å². The zero-order valence-electron chi connectivity index (χ0n) is 15.1. The molecule has 3 rings (SSSR count). The number of rotatable bonds is 7. The number of hydrogen-bond donors (Lipinski definition) is 0. The molecule has 0 radical (unpaired) electrons. The third-order valence-electron chi connectivity index (χ3n) is 5.15. The molecular weight excluding hydrogens is 366 g/mol. The lowest BCUT2D eigenvalue weighted by Crippen LogP contribution is -2.26. The Morgan fingerprint density at radius 1 is 1.22 bits per heavy atom. The lowest BCUT2D eigenvalue weighted by molar-refractivity contribution is 0.477. The molecule has 0 saturated carbocycles. The van der Waals surface area contributed by atoms with Gasteiger partial charge in [0.25, 0.3) is 0 Å². The normalized spacial score (nSPS) is 17.9. The Bertz CT molecular complexity index is 895. The van der Waals surface area contributed by atoms with E-state index in [9.17, 15) is 8.78 Å². The quantitative estimate of drug-likeness (QED) is 0.538. The Kier molecular flexibility index (Phi) is 5.85. The SMILES string of the molecule is C=C(c1ccccc1Cl)[C@](C)(CCCC1C=NC=N1)c1ccc(F)cc1F. The van der Waals surface area contributed by atoms with Crippen molar-refractivity contribution in [3.63, 3.8) is 0 Å². The summed E-state index contributed by atoms with van der Waals surface area (Å²) in [5, 5.41) is 0.559. The first-order valence-electron chi connectivity index (χ1n) is 8.86. The minimum absolute atomic E-state index is 0.0564. The van der Waals surface area contributed by atoms with Gasteiger partial charge in [-0.05, 0) is 48.1 Å². The zero-order chi connectivity index (χ0) is 19.4. The van der Waals surface area contributed by atoms with E-state index in [4.69, 9.17) is 11.6 Å². The van der Waals surface area contributed by atoms with Gasteiger partial charge < -0.3 is 0 Å². The third-order valence-corrected chi connectivity index (χ3v) is 5.48. The molecule has 1 unspecified atom stereocenters.